The van der Waals surface area contributed by atoms with Crippen molar-refractivity contribution >= 4 is 17.6 Å². The Kier molecular flexibility index (Phi) is 0.970. The van der Waals surface area contributed by atoms with Crippen LogP contribution in [0.2, 0.25) is 0 Å². The zero-order chi connectivity index (χ0) is 7.41. The van der Waals surface area contributed by atoms with Crippen molar-refractivity contribution in [2.75, 3.05) is 0 Å². The predicted molar refractivity (Wildman–Crippen MR) is 37.1 cm³/mol. The number of rotatable bonds is 1. The molecular formula is C7H9ClO2. The molecule has 2 nitrogen and oxygen atoms in total. The summed E-state index contributed by atoms with van der Waals surface area (Å²) >= 11 is 5.84. The topological polar surface area (TPSA) is 37.3 Å². The smallest absolute Gasteiger partial charge is 0.325 e. The second-order valence-corrected chi connectivity index (χ2v) is 4.06. The molecule has 0 saturated heterocycles. The number of alkyl halides is 1. The number of hydrogen-bond acceptors (Lipinski definition) is 1. The normalized spacial score (nSPS) is 40.9. The van der Waals surface area contributed by atoms with Crippen LogP contribution in [0, 0.1) is 5.41 Å². The molecule has 2 fully saturated rings. The minimum atomic E-state index is -0.870. The van der Waals surface area contributed by atoms with E-state index in [9.17, 15) is 4.79 Å². The lowest BCUT2D eigenvalue weighted by atomic mass is 9.79. The number of carboxylic acid groups (broad SMARTS) is 1. The highest BCUT2D eigenvalue weighted by molar-refractivity contribution is 6.37. The van der Waals surface area contributed by atoms with Crippen molar-refractivity contribution in [2.24, 2.45) is 5.41 Å². The van der Waals surface area contributed by atoms with Gasteiger partial charge in [-0.25, -0.2) is 0 Å². The van der Waals surface area contributed by atoms with Gasteiger partial charge in [-0.05, 0) is 19.3 Å². The molecule has 0 aromatic heterocycles. The van der Waals surface area contributed by atoms with Gasteiger partial charge in [0.05, 0.1) is 0 Å². The maximum atomic E-state index is 10.6. The fourth-order valence-electron chi connectivity index (χ4n) is 1.90. The van der Waals surface area contributed by atoms with Crippen LogP contribution in [-0.2, 0) is 4.79 Å². The summed E-state index contributed by atoms with van der Waals surface area (Å²) in [7, 11) is 0. The second-order valence-electron chi connectivity index (χ2n) is 3.42. The molecule has 2 aliphatic carbocycles. The molecule has 2 rings (SSSR count). The van der Waals surface area contributed by atoms with E-state index in [4.69, 9.17) is 16.7 Å². The molecular weight excluding hydrogens is 152 g/mol. The third kappa shape index (κ3) is 0.495. The van der Waals surface area contributed by atoms with E-state index in [0.29, 0.717) is 6.42 Å². The fraction of sp³-hybridized carbons (Fsp3) is 0.857. The first-order valence-electron chi connectivity index (χ1n) is 3.53. The summed E-state index contributed by atoms with van der Waals surface area (Å²) in [4.78, 5) is 9.69. The van der Waals surface area contributed by atoms with Crippen molar-refractivity contribution < 1.29 is 9.90 Å². The summed E-state index contributed by atoms with van der Waals surface area (Å²) < 4.78 is 0. The molecule has 1 spiro atoms. The van der Waals surface area contributed by atoms with Crippen molar-refractivity contribution in [3.63, 3.8) is 0 Å². The third-order valence-corrected chi connectivity index (χ3v) is 3.64. The van der Waals surface area contributed by atoms with E-state index in [1.54, 1.807) is 0 Å². The average Bonchev–Trinajstić information content (AvgIpc) is 2.37. The van der Waals surface area contributed by atoms with Gasteiger partial charge in [-0.3, -0.25) is 4.79 Å². The lowest BCUT2D eigenvalue weighted by Gasteiger charge is -2.27. The summed E-state index contributed by atoms with van der Waals surface area (Å²) in [5.41, 5.74) is 0.0143. The second kappa shape index (κ2) is 1.50. The van der Waals surface area contributed by atoms with Gasteiger partial charge in [-0.1, -0.05) is 6.42 Å². The van der Waals surface area contributed by atoms with Crippen LogP contribution in [0.3, 0.4) is 0 Å². The largest absolute Gasteiger partial charge is 0.480 e. The van der Waals surface area contributed by atoms with Gasteiger partial charge in [0.2, 0.25) is 0 Å². The minimum absolute atomic E-state index is 0.0143. The van der Waals surface area contributed by atoms with Crippen molar-refractivity contribution in [1.82, 2.24) is 0 Å². The van der Waals surface area contributed by atoms with E-state index in [0.717, 1.165) is 19.3 Å². The van der Waals surface area contributed by atoms with E-state index >= 15 is 0 Å². The van der Waals surface area contributed by atoms with Crippen molar-refractivity contribution in [3.8, 4) is 0 Å². The summed E-state index contributed by atoms with van der Waals surface area (Å²) in [6.45, 7) is 0. The first-order chi connectivity index (χ1) is 4.61. The van der Waals surface area contributed by atoms with E-state index < -0.39 is 10.8 Å². The van der Waals surface area contributed by atoms with Crippen LogP contribution in [0.1, 0.15) is 25.7 Å². The summed E-state index contributed by atoms with van der Waals surface area (Å²) in [6, 6.07) is 0. The standard InChI is InChI=1S/C7H9ClO2/c8-7(5(9)10)4-6(7)2-1-3-6/h1-4H2,(H,9,10). The maximum absolute atomic E-state index is 10.6. The summed E-state index contributed by atoms with van der Waals surface area (Å²) in [6.07, 6.45) is 3.88. The Morgan fingerprint density at radius 3 is 2.20 bits per heavy atom. The molecule has 0 radical (unpaired) electrons. The van der Waals surface area contributed by atoms with Gasteiger partial charge in [-0.15, -0.1) is 11.6 Å². The first kappa shape index (κ1) is 6.47. The number of halogens is 1. The minimum Gasteiger partial charge on any atom is -0.480 e. The summed E-state index contributed by atoms with van der Waals surface area (Å²) in [5, 5.41) is 8.68. The number of hydrogen-bond donors (Lipinski definition) is 1. The van der Waals surface area contributed by atoms with Gasteiger partial charge in [0.1, 0.15) is 4.87 Å². The fourth-order valence-corrected chi connectivity index (χ4v) is 2.35. The molecule has 3 heteroatoms. The zero-order valence-corrected chi connectivity index (χ0v) is 6.32. The molecule has 56 valence electrons. The Bertz CT molecular complexity index is 198. The Hall–Kier alpha value is -0.240. The monoisotopic (exact) mass is 160 g/mol. The molecule has 1 N–H and O–H groups in total. The maximum Gasteiger partial charge on any atom is 0.325 e. The quantitative estimate of drug-likeness (QED) is 0.592. The first-order valence-corrected chi connectivity index (χ1v) is 3.91. The molecule has 2 aliphatic rings. The molecule has 1 unspecified atom stereocenters. The lowest BCUT2D eigenvalue weighted by molar-refractivity contribution is -0.138. The van der Waals surface area contributed by atoms with Crippen LogP contribution in [0.4, 0.5) is 0 Å². The lowest BCUT2D eigenvalue weighted by Crippen LogP contribution is -2.29. The molecule has 0 amide bonds. The van der Waals surface area contributed by atoms with E-state index in [1.807, 2.05) is 0 Å². The highest BCUT2D eigenvalue weighted by Gasteiger charge is 2.73. The highest BCUT2D eigenvalue weighted by Crippen LogP contribution is 2.71. The number of aliphatic carboxylic acids is 1. The van der Waals surface area contributed by atoms with Crippen molar-refractivity contribution in [3.05, 3.63) is 0 Å². The predicted octanol–water partition coefficient (Wildman–Crippen LogP) is 1.62. The molecule has 2 saturated carbocycles. The van der Waals surface area contributed by atoms with Crippen LogP contribution < -0.4 is 0 Å². The molecule has 0 aromatic carbocycles. The Labute approximate surface area is 64.2 Å². The van der Waals surface area contributed by atoms with Crippen LogP contribution in [0.15, 0.2) is 0 Å². The van der Waals surface area contributed by atoms with Gasteiger partial charge in [0.25, 0.3) is 0 Å². The molecule has 10 heavy (non-hydrogen) atoms. The van der Waals surface area contributed by atoms with E-state index in [1.165, 1.54) is 0 Å². The van der Waals surface area contributed by atoms with Crippen LogP contribution in [-0.4, -0.2) is 16.0 Å². The van der Waals surface area contributed by atoms with Crippen molar-refractivity contribution in [2.45, 2.75) is 30.6 Å². The van der Waals surface area contributed by atoms with Crippen LogP contribution >= 0.6 is 11.6 Å². The summed E-state index contributed by atoms with van der Waals surface area (Å²) in [5.74, 6) is -0.825. The van der Waals surface area contributed by atoms with Gasteiger partial charge in [0, 0.05) is 5.41 Å². The van der Waals surface area contributed by atoms with E-state index in [2.05, 4.69) is 0 Å². The van der Waals surface area contributed by atoms with Gasteiger partial charge < -0.3 is 5.11 Å². The third-order valence-electron chi connectivity index (χ3n) is 2.95. The van der Waals surface area contributed by atoms with E-state index in [-0.39, 0.29) is 5.41 Å². The van der Waals surface area contributed by atoms with Gasteiger partial charge >= 0.3 is 5.97 Å². The Morgan fingerprint density at radius 2 is 2.10 bits per heavy atom. The van der Waals surface area contributed by atoms with Gasteiger partial charge in [-0.2, -0.15) is 0 Å². The highest BCUT2D eigenvalue weighted by atomic mass is 35.5. The Balaban J connectivity index is 2.16. The van der Waals surface area contributed by atoms with Crippen LogP contribution in [0.5, 0.6) is 0 Å². The Morgan fingerprint density at radius 1 is 1.50 bits per heavy atom. The molecule has 0 aliphatic heterocycles. The zero-order valence-electron chi connectivity index (χ0n) is 5.56. The molecule has 0 bridgehead atoms. The van der Waals surface area contributed by atoms with Crippen LogP contribution in [0.25, 0.3) is 0 Å². The van der Waals surface area contributed by atoms with Crippen molar-refractivity contribution in [1.29, 1.82) is 0 Å². The molecule has 0 aromatic rings. The molecule has 0 heterocycles. The number of carbonyl (C=O) groups is 1. The number of carboxylic acids is 1. The average molecular weight is 161 g/mol. The molecule has 1 atom stereocenters. The van der Waals surface area contributed by atoms with Gasteiger partial charge in [0.15, 0.2) is 0 Å². The SMILES string of the molecule is O=C(O)C1(Cl)CC12CCC2.